The minimum absolute atomic E-state index is 0.164. The van der Waals surface area contributed by atoms with E-state index in [1.165, 1.54) is 0 Å². The molecule has 0 bridgehead atoms. The Morgan fingerprint density at radius 3 is 2.67 bits per heavy atom. The molecule has 0 radical (unpaired) electrons. The lowest BCUT2D eigenvalue weighted by Gasteiger charge is -1.97. The van der Waals surface area contributed by atoms with Crippen molar-refractivity contribution in [3.8, 4) is 0 Å². The predicted octanol–water partition coefficient (Wildman–Crippen LogP) is 0.936. The molecule has 0 spiro atoms. The number of ether oxygens (including phenoxy) is 1. The van der Waals surface area contributed by atoms with Crippen LogP contribution in [0.25, 0.3) is 0 Å². The molecule has 1 rings (SSSR count). The van der Waals surface area contributed by atoms with Gasteiger partial charge in [-0.2, -0.15) is 0 Å². The second-order valence-corrected chi connectivity index (χ2v) is 2.87. The molecule has 2 nitrogen and oxygen atoms in total. The van der Waals surface area contributed by atoms with Gasteiger partial charge in [-0.05, 0) is 13.3 Å². The van der Waals surface area contributed by atoms with Crippen LogP contribution < -0.4 is 0 Å². The fraction of sp³-hybridized carbons (Fsp3) is 1.00. The van der Waals surface area contributed by atoms with E-state index in [4.69, 9.17) is 9.84 Å². The van der Waals surface area contributed by atoms with Gasteiger partial charge in [0.15, 0.2) is 0 Å². The smallest absolute Gasteiger partial charge is 0.115 e. The topological polar surface area (TPSA) is 32.8 Å². The van der Waals surface area contributed by atoms with E-state index < -0.39 is 0 Å². The summed E-state index contributed by atoms with van der Waals surface area (Å²) in [6.07, 6.45) is 2.55. The molecule has 1 heterocycles. The molecule has 0 amide bonds. The molecule has 0 aromatic rings. The summed E-state index contributed by atoms with van der Waals surface area (Å²) in [5.74, 6) is 0. The number of hydrogen-bond acceptors (Lipinski definition) is 2. The maximum Gasteiger partial charge on any atom is 0.115 e. The molecule has 0 aromatic heterocycles. The highest BCUT2D eigenvalue weighted by atomic mass is 16.6. The zero-order valence-corrected chi connectivity index (χ0v) is 6.05. The average molecular weight is 130 g/mol. The van der Waals surface area contributed by atoms with Gasteiger partial charge in [-0.15, -0.1) is 0 Å². The molecule has 1 N–H and O–H groups in total. The van der Waals surface area contributed by atoms with Crippen LogP contribution in [0.4, 0.5) is 0 Å². The summed E-state index contributed by atoms with van der Waals surface area (Å²) in [5, 5.41) is 8.74. The van der Waals surface area contributed by atoms with Crippen molar-refractivity contribution in [3.05, 3.63) is 0 Å². The molecule has 0 aromatic carbocycles. The lowest BCUT2D eigenvalue weighted by molar-refractivity contribution is 0.184. The monoisotopic (exact) mass is 130 g/mol. The molecular weight excluding hydrogens is 116 g/mol. The van der Waals surface area contributed by atoms with E-state index in [9.17, 15) is 0 Å². The zero-order chi connectivity index (χ0) is 6.91. The normalized spacial score (nSPS) is 41.0. The van der Waals surface area contributed by atoms with E-state index in [1.807, 2.05) is 6.92 Å². The van der Waals surface area contributed by atoms with Gasteiger partial charge >= 0.3 is 0 Å². The lowest BCUT2D eigenvalue weighted by Crippen LogP contribution is -2.14. The van der Waals surface area contributed by atoms with Gasteiger partial charge in [-0.25, -0.2) is 0 Å². The van der Waals surface area contributed by atoms with Crippen molar-refractivity contribution in [2.45, 2.75) is 38.4 Å². The Hall–Kier alpha value is -0.0800. The van der Waals surface area contributed by atoms with Gasteiger partial charge in [0.05, 0.1) is 12.7 Å². The molecular formula is C7H14O2. The van der Waals surface area contributed by atoms with Gasteiger partial charge in [0.1, 0.15) is 5.60 Å². The van der Waals surface area contributed by atoms with Crippen molar-refractivity contribution in [2.24, 2.45) is 0 Å². The highest BCUT2D eigenvalue weighted by Crippen LogP contribution is 2.38. The van der Waals surface area contributed by atoms with Gasteiger partial charge in [0.25, 0.3) is 0 Å². The summed E-state index contributed by atoms with van der Waals surface area (Å²) in [6, 6.07) is 0. The van der Waals surface area contributed by atoms with Crippen molar-refractivity contribution in [1.29, 1.82) is 0 Å². The Labute approximate surface area is 55.8 Å². The van der Waals surface area contributed by atoms with Crippen LogP contribution in [-0.2, 0) is 4.74 Å². The van der Waals surface area contributed by atoms with Gasteiger partial charge in [-0.1, -0.05) is 13.3 Å². The Morgan fingerprint density at radius 1 is 1.67 bits per heavy atom. The molecule has 2 heteroatoms. The highest BCUT2D eigenvalue weighted by molar-refractivity contribution is 4.97. The van der Waals surface area contributed by atoms with E-state index >= 15 is 0 Å². The molecule has 0 unspecified atom stereocenters. The van der Waals surface area contributed by atoms with Crippen LogP contribution in [0.5, 0.6) is 0 Å². The van der Waals surface area contributed by atoms with Crippen LogP contribution >= 0.6 is 0 Å². The SMILES string of the molecule is CCC[C@H]1O[C@]1(C)CO. The molecule has 1 fully saturated rings. The van der Waals surface area contributed by atoms with Gasteiger partial charge < -0.3 is 9.84 Å². The lowest BCUT2D eigenvalue weighted by atomic mass is 10.1. The number of epoxide rings is 1. The van der Waals surface area contributed by atoms with Crippen molar-refractivity contribution in [3.63, 3.8) is 0 Å². The predicted molar refractivity (Wildman–Crippen MR) is 35.3 cm³/mol. The summed E-state index contributed by atoms with van der Waals surface area (Å²) < 4.78 is 5.24. The fourth-order valence-electron chi connectivity index (χ4n) is 1.06. The third-order valence-corrected chi connectivity index (χ3v) is 1.90. The van der Waals surface area contributed by atoms with Crippen LogP contribution in [0.1, 0.15) is 26.7 Å². The summed E-state index contributed by atoms with van der Waals surface area (Å²) in [5.41, 5.74) is -0.185. The highest BCUT2D eigenvalue weighted by Gasteiger charge is 2.50. The second kappa shape index (κ2) is 2.27. The quantitative estimate of drug-likeness (QED) is 0.576. The van der Waals surface area contributed by atoms with Crippen LogP contribution in [0.15, 0.2) is 0 Å². The molecule has 1 saturated heterocycles. The number of hydrogen-bond donors (Lipinski definition) is 1. The molecule has 0 aliphatic carbocycles. The Kier molecular flexibility index (Phi) is 1.78. The van der Waals surface area contributed by atoms with Crippen LogP contribution in [0.2, 0.25) is 0 Å². The first kappa shape index (κ1) is 7.03. The second-order valence-electron chi connectivity index (χ2n) is 2.87. The third kappa shape index (κ3) is 1.25. The van der Waals surface area contributed by atoms with Crippen molar-refractivity contribution >= 4 is 0 Å². The summed E-state index contributed by atoms with van der Waals surface area (Å²) in [7, 11) is 0. The fourth-order valence-corrected chi connectivity index (χ4v) is 1.06. The Balaban J connectivity index is 2.22. The van der Waals surface area contributed by atoms with Gasteiger partial charge in [-0.3, -0.25) is 0 Å². The third-order valence-electron chi connectivity index (χ3n) is 1.90. The summed E-state index contributed by atoms with van der Waals surface area (Å²) in [4.78, 5) is 0. The molecule has 1 aliphatic heterocycles. The average Bonchev–Trinajstić information content (AvgIpc) is 2.46. The Morgan fingerprint density at radius 2 is 2.33 bits per heavy atom. The minimum Gasteiger partial charge on any atom is -0.393 e. The first-order valence-electron chi connectivity index (χ1n) is 3.51. The van der Waals surface area contributed by atoms with Crippen molar-refractivity contribution in [1.82, 2.24) is 0 Å². The standard InChI is InChI=1S/C7H14O2/c1-3-4-6-7(2,5-8)9-6/h6,8H,3-5H2,1-2H3/t6-,7-/m1/s1. The molecule has 1 aliphatic rings. The molecule has 2 atom stereocenters. The van der Waals surface area contributed by atoms with Crippen molar-refractivity contribution in [2.75, 3.05) is 6.61 Å². The van der Waals surface area contributed by atoms with Crippen LogP contribution in [-0.4, -0.2) is 23.4 Å². The van der Waals surface area contributed by atoms with E-state index in [-0.39, 0.29) is 12.2 Å². The molecule has 0 saturated carbocycles. The summed E-state index contributed by atoms with van der Waals surface area (Å²) in [6.45, 7) is 4.24. The number of aliphatic hydroxyl groups is 1. The summed E-state index contributed by atoms with van der Waals surface area (Å²) >= 11 is 0. The number of aliphatic hydroxyl groups excluding tert-OH is 1. The van der Waals surface area contributed by atoms with Crippen LogP contribution in [0.3, 0.4) is 0 Å². The van der Waals surface area contributed by atoms with Crippen LogP contribution in [0, 0.1) is 0 Å². The minimum atomic E-state index is -0.185. The maximum absolute atomic E-state index is 8.74. The number of rotatable bonds is 3. The molecule has 9 heavy (non-hydrogen) atoms. The van der Waals surface area contributed by atoms with E-state index in [0.29, 0.717) is 6.10 Å². The van der Waals surface area contributed by atoms with E-state index in [0.717, 1.165) is 12.8 Å². The van der Waals surface area contributed by atoms with E-state index in [2.05, 4.69) is 6.92 Å². The first-order chi connectivity index (χ1) is 4.23. The Bertz CT molecular complexity index is 101. The van der Waals surface area contributed by atoms with E-state index in [1.54, 1.807) is 0 Å². The zero-order valence-electron chi connectivity index (χ0n) is 6.05. The van der Waals surface area contributed by atoms with Crippen molar-refractivity contribution < 1.29 is 9.84 Å². The van der Waals surface area contributed by atoms with Gasteiger partial charge in [0.2, 0.25) is 0 Å². The van der Waals surface area contributed by atoms with Gasteiger partial charge in [0, 0.05) is 0 Å². The largest absolute Gasteiger partial charge is 0.393 e. The first-order valence-corrected chi connectivity index (χ1v) is 3.51. The molecule has 54 valence electrons. The maximum atomic E-state index is 8.74.